The van der Waals surface area contributed by atoms with Crippen molar-refractivity contribution in [1.82, 2.24) is 20.4 Å². The number of likely N-dealkylation sites (tertiary alicyclic amines) is 1. The first-order valence-electron chi connectivity index (χ1n) is 15.2. The van der Waals surface area contributed by atoms with Crippen molar-refractivity contribution in [2.24, 2.45) is 21.7 Å². The molecule has 0 unspecified atom stereocenters. The van der Waals surface area contributed by atoms with Gasteiger partial charge in [-0.25, -0.2) is 9.79 Å². The quantitative estimate of drug-likeness (QED) is 0.341. The lowest BCUT2D eigenvalue weighted by Gasteiger charge is -2.45. The zero-order chi connectivity index (χ0) is 29.4. The number of alkyl carbamates (subject to hydrolysis) is 1. The van der Waals surface area contributed by atoms with Gasteiger partial charge in [0.25, 0.3) is 0 Å². The van der Waals surface area contributed by atoms with Crippen LogP contribution in [0, 0.1) is 28.1 Å². The maximum absolute atomic E-state index is 14.0. The number of rotatable bonds is 8. The van der Waals surface area contributed by atoms with Gasteiger partial charge < -0.3 is 24.6 Å². The molecule has 3 aliphatic rings. The number of aliphatic imine (C=N–C) groups is 1. The Morgan fingerprint density at radius 3 is 2.25 bits per heavy atom. The number of nitrogens with one attached hydrogen (secondary N) is 2. The van der Waals surface area contributed by atoms with E-state index in [0.717, 1.165) is 45.3 Å². The van der Waals surface area contributed by atoms with Crippen LogP contribution in [0.25, 0.3) is 0 Å². The van der Waals surface area contributed by atoms with Crippen LogP contribution in [0.3, 0.4) is 0 Å². The minimum Gasteiger partial charge on any atom is -0.450 e. The van der Waals surface area contributed by atoms with E-state index in [-0.39, 0.29) is 29.3 Å². The second kappa shape index (κ2) is 14.0. The lowest BCUT2D eigenvalue weighted by molar-refractivity contribution is -0.124. The first-order valence-corrected chi connectivity index (χ1v) is 15.2. The van der Waals surface area contributed by atoms with Crippen LogP contribution in [0.4, 0.5) is 4.79 Å². The molecule has 0 aromatic rings. The number of ether oxygens (including phenoxy) is 2. The minimum atomic E-state index is -0.909. The number of hydrogen-bond donors (Lipinski definition) is 2. The standard InChI is InChI=1S/C30H52N6O4/c1-7-11-35-12-9-30(22-31,10-13-35)34-25(37)24(18-23-19-28(3,4)21-29(5,6)20-23)32-26(33-27(38)40-8-2)36-14-16-39-17-15-36/h23-24H,7-21H2,1-6H3,(H,34,37)(H,32,33,38)/t24-/m1/s1. The zero-order valence-corrected chi connectivity index (χ0v) is 25.7. The molecule has 1 saturated carbocycles. The summed E-state index contributed by atoms with van der Waals surface area (Å²) < 4.78 is 10.7. The fourth-order valence-electron chi connectivity index (χ4n) is 7.21. The molecule has 0 aromatic carbocycles. The Morgan fingerprint density at radius 1 is 1.07 bits per heavy atom. The molecule has 10 nitrogen and oxygen atoms in total. The van der Waals surface area contributed by atoms with E-state index in [1.807, 2.05) is 4.90 Å². The monoisotopic (exact) mass is 560 g/mol. The van der Waals surface area contributed by atoms with Crippen LogP contribution in [-0.4, -0.2) is 91.9 Å². The van der Waals surface area contributed by atoms with Crippen molar-refractivity contribution >= 4 is 18.0 Å². The summed E-state index contributed by atoms with van der Waals surface area (Å²) in [5.41, 5.74) is -0.589. The summed E-state index contributed by atoms with van der Waals surface area (Å²) in [5, 5.41) is 16.1. The summed E-state index contributed by atoms with van der Waals surface area (Å²) in [6.45, 7) is 18.0. The minimum absolute atomic E-state index is 0.160. The van der Waals surface area contributed by atoms with E-state index in [9.17, 15) is 14.9 Å². The van der Waals surface area contributed by atoms with E-state index in [1.165, 1.54) is 0 Å². The maximum atomic E-state index is 14.0. The molecule has 1 atom stereocenters. The van der Waals surface area contributed by atoms with Gasteiger partial charge in [0.1, 0.15) is 11.6 Å². The number of nitriles is 1. The Hall–Kier alpha value is -2.38. The maximum Gasteiger partial charge on any atom is 0.413 e. The SMILES string of the molecule is CCCN1CCC(C#N)(NC(=O)[C@@H](CC2CC(C)(C)CC(C)(C)C2)N=C(NC(=O)OCC)N2CCOCC2)CC1. The first-order chi connectivity index (χ1) is 18.9. The highest BCUT2D eigenvalue weighted by Crippen LogP contribution is 2.49. The summed E-state index contributed by atoms with van der Waals surface area (Å²) in [6.07, 6.45) is 5.34. The molecule has 10 heteroatoms. The molecule has 0 aromatic heterocycles. The third-order valence-electron chi connectivity index (χ3n) is 8.40. The molecule has 3 fully saturated rings. The molecular weight excluding hydrogens is 508 g/mol. The van der Waals surface area contributed by atoms with E-state index in [1.54, 1.807) is 6.92 Å². The van der Waals surface area contributed by atoms with Crippen molar-refractivity contribution in [2.45, 2.75) is 98.1 Å². The van der Waals surface area contributed by atoms with Crippen LogP contribution in [0.15, 0.2) is 4.99 Å². The average Bonchev–Trinajstić information content (AvgIpc) is 2.88. The van der Waals surface area contributed by atoms with Crippen molar-refractivity contribution in [3.8, 4) is 6.07 Å². The summed E-state index contributed by atoms with van der Waals surface area (Å²) in [4.78, 5) is 35.7. The normalized spacial score (nSPS) is 24.0. The van der Waals surface area contributed by atoms with Crippen molar-refractivity contribution < 1.29 is 19.1 Å². The Kier molecular flexibility index (Phi) is 11.2. The van der Waals surface area contributed by atoms with E-state index in [0.29, 0.717) is 51.5 Å². The molecule has 40 heavy (non-hydrogen) atoms. The molecular formula is C30H52N6O4. The predicted molar refractivity (Wildman–Crippen MR) is 156 cm³/mol. The number of amides is 2. The van der Waals surface area contributed by atoms with Crippen molar-refractivity contribution in [3.05, 3.63) is 0 Å². The number of carbonyl (C=O) groups excluding carboxylic acids is 2. The molecule has 2 heterocycles. The van der Waals surface area contributed by atoms with Crippen molar-refractivity contribution in [3.63, 3.8) is 0 Å². The fraction of sp³-hybridized carbons (Fsp3) is 0.867. The van der Waals surface area contributed by atoms with Gasteiger partial charge in [-0.3, -0.25) is 10.1 Å². The number of morpholine rings is 1. The second-order valence-corrected chi connectivity index (χ2v) is 13.5. The molecule has 2 amide bonds. The third-order valence-corrected chi connectivity index (χ3v) is 8.40. The van der Waals surface area contributed by atoms with Gasteiger partial charge in [0, 0.05) is 26.2 Å². The highest BCUT2D eigenvalue weighted by Gasteiger charge is 2.42. The van der Waals surface area contributed by atoms with Gasteiger partial charge in [-0.15, -0.1) is 0 Å². The van der Waals surface area contributed by atoms with Gasteiger partial charge in [-0.1, -0.05) is 34.6 Å². The summed E-state index contributed by atoms with van der Waals surface area (Å²) in [7, 11) is 0. The predicted octanol–water partition coefficient (Wildman–Crippen LogP) is 3.92. The van der Waals surface area contributed by atoms with E-state index >= 15 is 0 Å². The average molecular weight is 561 g/mol. The Labute approximate surface area is 241 Å². The van der Waals surface area contributed by atoms with Gasteiger partial charge in [0.15, 0.2) is 0 Å². The number of nitrogens with zero attached hydrogens (tertiary/aromatic N) is 4. The fourth-order valence-corrected chi connectivity index (χ4v) is 7.21. The first kappa shape index (κ1) is 32.1. The van der Waals surface area contributed by atoms with Gasteiger partial charge >= 0.3 is 6.09 Å². The molecule has 3 rings (SSSR count). The zero-order valence-electron chi connectivity index (χ0n) is 25.7. The molecule has 0 spiro atoms. The Morgan fingerprint density at radius 2 is 1.70 bits per heavy atom. The Bertz CT molecular complexity index is 913. The lowest BCUT2D eigenvalue weighted by atomic mass is 9.60. The van der Waals surface area contributed by atoms with Crippen LogP contribution in [0.5, 0.6) is 0 Å². The van der Waals surface area contributed by atoms with Crippen LogP contribution < -0.4 is 10.6 Å². The second-order valence-electron chi connectivity index (χ2n) is 13.5. The van der Waals surface area contributed by atoms with E-state index < -0.39 is 17.7 Å². The number of guanidine groups is 1. The highest BCUT2D eigenvalue weighted by atomic mass is 16.5. The third kappa shape index (κ3) is 9.34. The number of hydrogen-bond acceptors (Lipinski definition) is 7. The molecule has 0 radical (unpaired) electrons. The molecule has 226 valence electrons. The molecule has 0 bridgehead atoms. The van der Waals surface area contributed by atoms with E-state index in [4.69, 9.17) is 14.5 Å². The van der Waals surface area contributed by atoms with Crippen molar-refractivity contribution in [1.29, 1.82) is 5.26 Å². The summed E-state index contributed by atoms with van der Waals surface area (Å²) >= 11 is 0. The topological polar surface area (TPSA) is 119 Å². The van der Waals surface area contributed by atoms with Gasteiger partial charge in [0.2, 0.25) is 11.9 Å². The van der Waals surface area contributed by atoms with Crippen molar-refractivity contribution in [2.75, 3.05) is 52.5 Å². The van der Waals surface area contributed by atoms with Crippen LogP contribution in [-0.2, 0) is 14.3 Å². The largest absolute Gasteiger partial charge is 0.450 e. The Balaban J connectivity index is 1.90. The van der Waals surface area contributed by atoms with Crippen LogP contribution in [0.2, 0.25) is 0 Å². The highest BCUT2D eigenvalue weighted by molar-refractivity contribution is 5.96. The molecule has 2 N–H and O–H groups in total. The van der Waals surface area contributed by atoms with Crippen LogP contribution in [0.1, 0.15) is 86.5 Å². The molecule has 2 aliphatic heterocycles. The molecule has 2 saturated heterocycles. The molecule has 1 aliphatic carbocycles. The van der Waals surface area contributed by atoms with Gasteiger partial charge in [0.05, 0.1) is 25.9 Å². The van der Waals surface area contributed by atoms with Gasteiger partial charge in [-0.05, 0) is 75.2 Å². The van der Waals surface area contributed by atoms with E-state index in [2.05, 4.69) is 56.2 Å². The lowest BCUT2D eigenvalue weighted by Crippen LogP contribution is -2.57. The summed E-state index contributed by atoms with van der Waals surface area (Å²) in [6, 6.07) is 1.70. The van der Waals surface area contributed by atoms with Gasteiger partial charge in [-0.2, -0.15) is 5.26 Å². The van der Waals surface area contributed by atoms with Crippen LogP contribution >= 0.6 is 0 Å². The number of piperidine rings is 1. The number of carbonyl (C=O) groups is 2. The summed E-state index contributed by atoms with van der Waals surface area (Å²) in [5.74, 6) is 0.374. The smallest absolute Gasteiger partial charge is 0.413 e.